The number of carbonyl (C=O) groups is 1. The van der Waals surface area contributed by atoms with E-state index in [2.05, 4.69) is 0 Å². The van der Waals surface area contributed by atoms with Crippen molar-refractivity contribution in [3.63, 3.8) is 0 Å². The summed E-state index contributed by atoms with van der Waals surface area (Å²) < 4.78 is 5.07. The second-order valence-corrected chi connectivity index (χ2v) is 3.32. The highest BCUT2D eigenvalue weighted by Crippen LogP contribution is 2.09. The number of amides is 1. The van der Waals surface area contributed by atoms with Gasteiger partial charge < -0.3 is 15.4 Å². The molecular formula is C6H11N3O2S. The van der Waals surface area contributed by atoms with E-state index in [-0.39, 0.29) is 10.4 Å². The minimum Gasteiger partial charge on any atom is -0.378 e. The summed E-state index contributed by atoms with van der Waals surface area (Å²) in [6.45, 7) is 2.34. The molecule has 0 bridgehead atoms. The van der Waals surface area contributed by atoms with Crippen LogP contribution in [-0.4, -0.2) is 41.6 Å². The van der Waals surface area contributed by atoms with E-state index in [4.69, 9.17) is 15.9 Å². The van der Waals surface area contributed by atoms with E-state index in [1.165, 1.54) is 0 Å². The van der Waals surface area contributed by atoms with Crippen LogP contribution >= 0.6 is 11.8 Å². The Balaban J connectivity index is 2.34. The molecule has 1 fully saturated rings. The lowest BCUT2D eigenvalue weighted by Gasteiger charge is -2.25. The first-order valence-corrected chi connectivity index (χ1v) is 4.40. The summed E-state index contributed by atoms with van der Waals surface area (Å²) in [6, 6.07) is 0. The Morgan fingerprint density at radius 1 is 1.50 bits per heavy atom. The van der Waals surface area contributed by atoms with Gasteiger partial charge in [-0.1, -0.05) is 0 Å². The fraction of sp³-hybridized carbons (Fsp3) is 0.667. The predicted molar refractivity (Wildman–Crippen MR) is 47.3 cm³/mol. The van der Waals surface area contributed by atoms with Gasteiger partial charge in [0.15, 0.2) is 5.17 Å². The Labute approximate surface area is 74.7 Å². The molecule has 1 aliphatic heterocycles. The SMILES string of the molecule is N=C(N)SC(=O)N1CCOCC1. The largest absolute Gasteiger partial charge is 0.378 e. The average molecular weight is 189 g/mol. The molecule has 68 valence electrons. The molecule has 1 heterocycles. The fourth-order valence-corrected chi connectivity index (χ4v) is 1.40. The Morgan fingerprint density at radius 2 is 2.08 bits per heavy atom. The van der Waals surface area contributed by atoms with Crippen LogP contribution in [0.15, 0.2) is 0 Å². The molecule has 0 aromatic carbocycles. The molecule has 0 atom stereocenters. The normalized spacial score (nSPS) is 17.5. The van der Waals surface area contributed by atoms with Crippen LogP contribution in [0.25, 0.3) is 0 Å². The maximum absolute atomic E-state index is 11.2. The second-order valence-electron chi connectivity index (χ2n) is 2.33. The van der Waals surface area contributed by atoms with Crippen molar-refractivity contribution in [3.8, 4) is 0 Å². The molecule has 1 saturated heterocycles. The van der Waals surface area contributed by atoms with E-state index < -0.39 is 0 Å². The van der Waals surface area contributed by atoms with Crippen LogP contribution in [0.1, 0.15) is 0 Å². The van der Waals surface area contributed by atoms with Gasteiger partial charge in [-0.25, -0.2) is 0 Å². The van der Waals surface area contributed by atoms with Crippen molar-refractivity contribution in [1.29, 1.82) is 5.41 Å². The first-order valence-electron chi connectivity index (χ1n) is 3.58. The minimum atomic E-state index is -0.161. The standard InChI is InChI=1S/C6H11N3O2S/c7-5(8)12-6(10)9-1-3-11-4-2-9/h1-4H2,(H3,7,8). The van der Waals surface area contributed by atoms with Crippen LogP contribution in [0.4, 0.5) is 4.79 Å². The molecule has 0 aliphatic carbocycles. The first kappa shape index (κ1) is 9.34. The summed E-state index contributed by atoms with van der Waals surface area (Å²) >= 11 is 0.754. The number of morpholine rings is 1. The average Bonchev–Trinajstić information content (AvgIpc) is 2.05. The number of ether oxygens (including phenoxy) is 1. The van der Waals surface area contributed by atoms with E-state index in [9.17, 15) is 4.79 Å². The molecule has 0 saturated carbocycles. The molecular weight excluding hydrogens is 178 g/mol. The molecule has 0 unspecified atom stereocenters. The lowest BCUT2D eigenvalue weighted by atomic mass is 10.5. The minimum absolute atomic E-state index is 0.161. The molecule has 1 amide bonds. The van der Waals surface area contributed by atoms with Gasteiger partial charge in [-0.3, -0.25) is 10.2 Å². The number of nitrogens with one attached hydrogen (secondary N) is 1. The highest BCUT2D eigenvalue weighted by atomic mass is 32.2. The van der Waals surface area contributed by atoms with Crippen molar-refractivity contribution in [2.24, 2.45) is 5.73 Å². The van der Waals surface area contributed by atoms with Gasteiger partial charge in [-0.2, -0.15) is 0 Å². The summed E-state index contributed by atoms with van der Waals surface area (Å²) in [7, 11) is 0. The van der Waals surface area contributed by atoms with E-state index in [0.29, 0.717) is 26.3 Å². The quantitative estimate of drug-likeness (QED) is 0.417. The second kappa shape index (κ2) is 4.32. The van der Waals surface area contributed by atoms with E-state index in [1.54, 1.807) is 4.90 Å². The van der Waals surface area contributed by atoms with Crippen LogP contribution in [0.5, 0.6) is 0 Å². The third-order valence-electron chi connectivity index (χ3n) is 1.47. The maximum atomic E-state index is 11.2. The molecule has 0 aromatic heterocycles. The van der Waals surface area contributed by atoms with Crippen molar-refractivity contribution < 1.29 is 9.53 Å². The van der Waals surface area contributed by atoms with Gasteiger partial charge in [0.1, 0.15) is 0 Å². The number of nitrogens with zero attached hydrogens (tertiary/aromatic N) is 1. The molecule has 1 rings (SSSR count). The van der Waals surface area contributed by atoms with Crippen LogP contribution in [0.3, 0.4) is 0 Å². The van der Waals surface area contributed by atoms with Gasteiger partial charge in [0, 0.05) is 24.9 Å². The zero-order valence-corrected chi connectivity index (χ0v) is 7.39. The highest BCUT2D eigenvalue weighted by Gasteiger charge is 2.17. The monoisotopic (exact) mass is 189 g/mol. The smallest absolute Gasteiger partial charge is 0.289 e. The molecule has 1 aliphatic rings. The number of hydrogen-bond acceptors (Lipinski definition) is 4. The number of hydrogen-bond donors (Lipinski definition) is 2. The molecule has 3 N–H and O–H groups in total. The lowest BCUT2D eigenvalue weighted by Crippen LogP contribution is -2.39. The van der Waals surface area contributed by atoms with Crippen molar-refractivity contribution in [3.05, 3.63) is 0 Å². The fourth-order valence-electron chi connectivity index (χ4n) is 0.905. The van der Waals surface area contributed by atoms with Crippen LogP contribution in [0, 0.1) is 5.41 Å². The molecule has 0 aromatic rings. The van der Waals surface area contributed by atoms with Crippen molar-refractivity contribution in [1.82, 2.24) is 4.90 Å². The van der Waals surface area contributed by atoms with E-state index >= 15 is 0 Å². The Hall–Kier alpha value is -0.750. The number of rotatable bonds is 0. The van der Waals surface area contributed by atoms with E-state index in [0.717, 1.165) is 11.8 Å². The van der Waals surface area contributed by atoms with Gasteiger partial charge in [-0.05, 0) is 0 Å². The summed E-state index contributed by atoms with van der Waals surface area (Å²) in [5, 5.41) is 6.58. The van der Waals surface area contributed by atoms with Crippen LogP contribution in [0.2, 0.25) is 0 Å². The van der Waals surface area contributed by atoms with E-state index in [1.807, 2.05) is 0 Å². The van der Waals surface area contributed by atoms with Crippen molar-refractivity contribution in [2.45, 2.75) is 0 Å². The zero-order chi connectivity index (χ0) is 8.97. The first-order chi connectivity index (χ1) is 5.70. The molecule has 0 radical (unpaired) electrons. The molecule has 12 heavy (non-hydrogen) atoms. The summed E-state index contributed by atoms with van der Waals surface area (Å²) in [5.41, 5.74) is 5.07. The van der Waals surface area contributed by atoms with Gasteiger partial charge >= 0.3 is 0 Å². The lowest BCUT2D eigenvalue weighted by molar-refractivity contribution is 0.0593. The summed E-state index contributed by atoms with van der Waals surface area (Å²) in [6.07, 6.45) is 0. The number of amidine groups is 1. The third kappa shape index (κ3) is 2.71. The zero-order valence-electron chi connectivity index (χ0n) is 6.58. The van der Waals surface area contributed by atoms with Gasteiger partial charge in [0.2, 0.25) is 0 Å². The van der Waals surface area contributed by atoms with Gasteiger partial charge in [0.25, 0.3) is 5.24 Å². The van der Waals surface area contributed by atoms with Gasteiger partial charge in [-0.15, -0.1) is 0 Å². The third-order valence-corrected chi connectivity index (χ3v) is 2.12. The Kier molecular flexibility index (Phi) is 3.36. The number of nitrogens with two attached hydrogens (primary N) is 1. The Bertz CT molecular complexity index is 191. The van der Waals surface area contributed by atoms with Crippen molar-refractivity contribution in [2.75, 3.05) is 26.3 Å². The highest BCUT2D eigenvalue weighted by molar-refractivity contribution is 8.26. The maximum Gasteiger partial charge on any atom is 0.289 e. The van der Waals surface area contributed by atoms with Crippen LogP contribution in [-0.2, 0) is 4.74 Å². The topological polar surface area (TPSA) is 79.4 Å². The number of thioether (sulfide) groups is 1. The molecule has 5 nitrogen and oxygen atoms in total. The van der Waals surface area contributed by atoms with Crippen LogP contribution < -0.4 is 5.73 Å². The predicted octanol–water partition coefficient (Wildman–Crippen LogP) is 0.0653. The number of carbonyl (C=O) groups excluding carboxylic acids is 1. The summed E-state index contributed by atoms with van der Waals surface area (Å²) in [4.78, 5) is 12.9. The Morgan fingerprint density at radius 3 is 2.58 bits per heavy atom. The summed E-state index contributed by atoms with van der Waals surface area (Å²) in [5.74, 6) is 0. The van der Waals surface area contributed by atoms with Gasteiger partial charge in [0.05, 0.1) is 13.2 Å². The van der Waals surface area contributed by atoms with Crippen molar-refractivity contribution >= 4 is 22.2 Å². The molecule has 6 heteroatoms. The molecule has 0 spiro atoms.